The van der Waals surface area contributed by atoms with Crippen LogP contribution in [0.1, 0.15) is 30.9 Å². The number of hydrogen-bond donors (Lipinski definition) is 0. The monoisotopic (exact) mass is 379 g/mol. The Bertz CT molecular complexity index is 598. The zero-order valence-electron chi connectivity index (χ0n) is 12.6. The van der Waals surface area contributed by atoms with E-state index in [4.69, 9.17) is 0 Å². The van der Waals surface area contributed by atoms with Crippen molar-refractivity contribution < 1.29 is 41.1 Å². The van der Waals surface area contributed by atoms with E-state index in [0.29, 0.717) is 25.6 Å². The maximum absolute atomic E-state index is 11.3. The van der Waals surface area contributed by atoms with Gasteiger partial charge in [-0.25, -0.2) is 8.42 Å². The molecule has 0 aliphatic carbocycles. The van der Waals surface area contributed by atoms with Crippen molar-refractivity contribution in [3.05, 3.63) is 35.4 Å². The molecule has 1 aliphatic heterocycles. The second-order valence-electron chi connectivity index (χ2n) is 5.42. The predicted molar refractivity (Wildman–Crippen MR) is 81.3 cm³/mol. The Hall–Kier alpha value is -0.206. The summed E-state index contributed by atoms with van der Waals surface area (Å²) >= 11 is 0. The third-order valence-electron chi connectivity index (χ3n) is 3.43. The summed E-state index contributed by atoms with van der Waals surface area (Å²) in [7, 11) is -2.80. The molecule has 0 N–H and O–H groups in total. The van der Waals surface area contributed by atoms with Crippen molar-refractivity contribution in [1.82, 2.24) is 4.90 Å². The van der Waals surface area contributed by atoms with E-state index in [0.717, 1.165) is 5.56 Å². The van der Waals surface area contributed by atoms with Crippen molar-refractivity contribution in [2.24, 2.45) is 0 Å². The van der Waals surface area contributed by atoms with Gasteiger partial charge in [-0.1, -0.05) is 25.3 Å². The molecule has 1 aromatic carbocycles. The van der Waals surface area contributed by atoms with Gasteiger partial charge in [0.05, 0.1) is 18.1 Å². The van der Waals surface area contributed by atoms with Crippen LogP contribution in [0.5, 0.6) is 0 Å². The Balaban J connectivity index is 0.00000220. The minimum Gasteiger partial charge on any atom is -0.290 e. The Morgan fingerprint density at radius 3 is 2.48 bits per heavy atom. The van der Waals surface area contributed by atoms with Gasteiger partial charge in [-0.2, -0.15) is 29.8 Å². The van der Waals surface area contributed by atoms with Gasteiger partial charge in [0.2, 0.25) is 0 Å². The SMILES string of the molecule is CC(C)c1[c-]cc(C#CCN2CCS(=O)(=O)CC2)cc1.[Y]. The minimum atomic E-state index is -2.80. The van der Waals surface area contributed by atoms with Gasteiger partial charge in [0.15, 0.2) is 9.84 Å². The molecule has 0 unspecified atom stereocenters. The second-order valence-corrected chi connectivity index (χ2v) is 7.72. The summed E-state index contributed by atoms with van der Waals surface area (Å²) in [5.74, 6) is 7.20. The van der Waals surface area contributed by atoms with Crippen LogP contribution < -0.4 is 0 Å². The first-order valence-corrected chi connectivity index (χ1v) is 8.72. The summed E-state index contributed by atoms with van der Waals surface area (Å²) in [6.45, 7) is 6.09. The van der Waals surface area contributed by atoms with Crippen LogP contribution in [0, 0.1) is 17.9 Å². The molecular weight excluding hydrogens is 359 g/mol. The Labute approximate surface area is 153 Å². The van der Waals surface area contributed by atoms with E-state index in [1.165, 1.54) is 5.56 Å². The maximum atomic E-state index is 11.3. The summed E-state index contributed by atoms with van der Waals surface area (Å²) in [5.41, 5.74) is 2.15. The van der Waals surface area contributed by atoms with Gasteiger partial charge in [-0.3, -0.25) is 4.90 Å². The quantitative estimate of drug-likeness (QED) is 0.580. The first-order chi connectivity index (χ1) is 9.46. The molecule has 1 saturated heterocycles. The van der Waals surface area contributed by atoms with E-state index in [1.807, 2.05) is 12.1 Å². The van der Waals surface area contributed by atoms with Crippen LogP contribution in [0.2, 0.25) is 0 Å². The molecule has 111 valence electrons. The molecule has 21 heavy (non-hydrogen) atoms. The maximum Gasteiger partial charge on any atom is 0.152 e. The molecule has 1 fully saturated rings. The van der Waals surface area contributed by atoms with E-state index in [-0.39, 0.29) is 44.2 Å². The number of benzene rings is 1. The van der Waals surface area contributed by atoms with Crippen LogP contribution in [0.4, 0.5) is 0 Å². The Kier molecular flexibility index (Phi) is 7.57. The molecule has 1 aromatic rings. The van der Waals surface area contributed by atoms with Crippen molar-refractivity contribution in [2.75, 3.05) is 31.1 Å². The van der Waals surface area contributed by atoms with Crippen LogP contribution in [0.15, 0.2) is 18.2 Å². The fraction of sp³-hybridized carbons (Fsp3) is 0.500. The summed E-state index contributed by atoms with van der Waals surface area (Å²) in [5, 5.41) is 0. The van der Waals surface area contributed by atoms with Crippen molar-refractivity contribution in [2.45, 2.75) is 19.8 Å². The van der Waals surface area contributed by atoms with Crippen molar-refractivity contribution in [3.63, 3.8) is 0 Å². The zero-order chi connectivity index (χ0) is 14.6. The molecule has 5 heteroatoms. The van der Waals surface area contributed by atoms with Gasteiger partial charge in [0.25, 0.3) is 0 Å². The number of sulfone groups is 1. The molecule has 0 spiro atoms. The van der Waals surface area contributed by atoms with Crippen LogP contribution >= 0.6 is 0 Å². The third kappa shape index (κ3) is 6.20. The molecule has 0 aromatic heterocycles. The normalized spacial score (nSPS) is 17.7. The summed E-state index contributed by atoms with van der Waals surface area (Å²) in [4.78, 5) is 2.08. The average molecular weight is 379 g/mol. The second kappa shape index (κ2) is 8.43. The minimum absolute atomic E-state index is 0. The van der Waals surface area contributed by atoms with Gasteiger partial charge in [-0.05, 0) is 5.92 Å². The van der Waals surface area contributed by atoms with E-state index in [9.17, 15) is 8.42 Å². The fourth-order valence-corrected chi connectivity index (χ4v) is 3.31. The Morgan fingerprint density at radius 2 is 1.95 bits per heavy atom. The summed E-state index contributed by atoms with van der Waals surface area (Å²) in [6, 6.07) is 9.23. The van der Waals surface area contributed by atoms with Crippen LogP contribution in [-0.4, -0.2) is 44.5 Å². The van der Waals surface area contributed by atoms with Crippen LogP contribution in [0.25, 0.3) is 0 Å². The largest absolute Gasteiger partial charge is 0.290 e. The van der Waals surface area contributed by atoms with Crippen molar-refractivity contribution in [3.8, 4) is 11.8 Å². The van der Waals surface area contributed by atoms with Crippen LogP contribution in [-0.2, 0) is 42.5 Å². The predicted octanol–water partition coefficient (Wildman–Crippen LogP) is 1.69. The molecule has 0 amide bonds. The van der Waals surface area contributed by atoms with Crippen molar-refractivity contribution in [1.29, 1.82) is 0 Å². The van der Waals surface area contributed by atoms with Gasteiger partial charge < -0.3 is 0 Å². The molecule has 1 heterocycles. The Morgan fingerprint density at radius 1 is 1.29 bits per heavy atom. The number of rotatable bonds is 2. The molecule has 0 atom stereocenters. The standard InChI is InChI=1S/C16H20NO2S.Y/c1-14(2)16-7-5-15(6-8-16)4-3-9-17-10-12-20(18,19)13-11-17;/h5-7,14H,9-13H2,1-2H3;/q-1;. The molecule has 3 nitrogen and oxygen atoms in total. The molecule has 0 saturated carbocycles. The van der Waals surface area contributed by atoms with Gasteiger partial charge >= 0.3 is 0 Å². The number of nitrogens with zero attached hydrogens (tertiary/aromatic N) is 1. The van der Waals surface area contributed by atoms with Crippen molar-refractivity contribution >= 4 is 9.84 Å². The molecule has 2 rings (SSSR count). The van der Waals surface area contributed by atoms with E-state index in [2.05, 4.69) is 42.7 Å². The average Bonchev–Trinajstić information content (AvgIpc) is 2.41. The smallest absolute Gasteiger partial charge is 0.152 e. The zero-order valence-corrected chi connectivity index (χ0v) is 16.2. The van der Waals surface area contributed by atoms with E-state index in [1.54, 1.807) is 0 Å². The molecule has 1 radical (unpaired) electrons. The first-order valence-electron chi connectivity index (χ1n) is 6.89. The number of hydrogen-bond acceptors (Lipinski definition) is 3. The van der Waals surface area contributed by atoms with Gasteiger partial charge in [0.1, 0.15) is 0 Å². The molecule has 0 bridgehead atoms. The first kappa shape index (κ1) is 18.8. The third-order valence-corrected chi connectivity index (χ3v) is 5.04. The molecular formula is C16H20NO2SY-. The summed E-state index contributed by atoms with van der Waals surface area (Å²) in [6.07, 6.45) is 0. The molecule has 1 aliphatic rings. The summed E-state index contributed by atoms with van der Waals surface area (Å²) < 4.78 is 22.6. The van der Waals surface area contributed by atoms with Gasteiger partial charge in [-0.15, -0.1) is 5.92 Å². The fourth-order valence-electron chi connectivity index (χ4n) is 2.04. The topological polar surface area (TPSA) is 37.4 Å². The van der Waals surface area contributed by atoms with E-state index < -0.39 is 9.84 Å². The van der Waals surface area contributed by atoms with E-state index >= 15 is 0 Å². The van der Waals surface area contributed by atoms with Crippen LogP contribution in [0.3, 0.4) is 0 Å². The van der Waals surface area contributed by atoms with Gasteiger partial charge in [0, 0.05) is 45.8 Å².